The Labute approximate surface area is 183 Å². The van der Waals surface area contributed by atoms with Crippen molar-refractivity contribution < 1.29 is 24.2 Å². The third-order valence-corrected chi connectivity index (χ3v) is 6.28. The van der Waals surface area contributed by atoms with E-state index in [-0.39, 0.29) is 13.0 Å². The molecule has 0 radical (unpaired) electrons. The number of rotatable bonds is 6. The summed E-state index contributed by atoms with van der Waals surface area (Å²) in [6.07, 6.45) is -0.912. The van der Waals surface area contributed by atoms with Crippen LogP contribution < -0.4 is 0 Å². The van der Waals surface area contributed by atoms with Crippen LogP contribution in [0.5, 0.6) is 0 Å². The molecular formula is C24H21NO5S. The van der Waals surface area contributed by atoms with Crippen molar-refractivity contribution in [1.29, 1.82) is 0 Å². The summed E-state index contributed by atoms with van der Waals surface area (Å²) in [5.74, 6) is -1.82. The van der Waals surface area contributed by atoms with Gasteiger partial charge in [0.25, 0.3) is 0 Å². The number of nitrogens with zero attached hydrogens (tertiary/aromatic N) is 1. The number of hydrogen-bond acceptors (Lipinski definition) is 5. The lowest BCUT2D eigenvalue weighted by Crippen LogP contribution is -2.43. The van der Waals surface area contributed by atoms with Gasteiger partial charge in [-0.05, 0) is 41.0 Å². The van der Waals surface area contributed by atoms with Gasteiger partial charge in [0.05, 0.1) is 0 Å². The molecule has 31 heavy (non-hydrogen) atoms. The predicted octanol–water partition coefficient (Wildman–Crippen LogP) is 4.60. The zero-order valence-electron chi connectivity index (χ0n) is 16.6. The summed E-state index contributed by atoms with van der Waals surface area (Å²) in [5, 5.41) is 11.5. The summed E-state index contributed by atoms with van der Waals surface area (Å²) in [7, 11) is 0. The predicted molar refractivity (Wildman–Crippen MR) is 116 cm³/mol. The molecule has 0 saturated carbocycles. The van der Waals surface area contributed by atoms with Gasteiger partial charge in [-0.1, -0.05) is 60.7 Å². The first kappa shape index (κ1) is 20.8. The van der Waals surface area contributed by atoms with Crippen LogP contribution in [-0.2, 0) is 27.4 Å². The SMILES string of the molecule is O=C(OCc1ccccc1)[C@H]1C[C@H](Cc2cc(-c3ccccc3)cs2)C(=O)N1C(=O)O. The van der Waals surface area contributed by atoms with E-state index in [1.165, 1.54) is 11.3 Å². The van der Waals surface area contributed by atoms with Crippen LogP contribution in [0, 0.1) is 5.92 Å². The maximum Gasteiger partial charge on any atom is 0.414 e. The van der Waals surface area contributed by atoms with Crippen molar-refractivity contribution in [2.24, 2.45) is 5.92 Å². The molecule has 0 unspecified atom stereocenters. The number of amides is 2. The van der Waals surface area contributed by atoms with Crippen LogP contribution in [0.25, 0.3) is 11.1 Å². The first-order valence-electron chi connectivity index (χ1n) is 9.92. The quantitative estimate of drug-likeness (QED) is 0.572. The molecule has 2 heterocycles. The Bertz CT molecular complexity index is 1080. The Kier molecular flexibility index (Phi) is 6.13. The molecule has 1 aliphatic rings. The molecule has 2 amide bonds. The molecule has 3 aromatic rings. The van der Waals surface area contributed by atoms with E-state index in [0.717, 1.165) is 21.6 Å². The van der Waals surface area contributed by atoms with E-state index >= 15 is 0 Å². The number of thiophene rings is 1. The second-order valence-corrected chi connectivity index (χ2v) is 8.40. The Hall–Kier alpha value is -3.45. The van der Waals surface area contributed by atoms with Gasteiger partial charge in [0.15, 0.2) is 0 Å². The minimum absolute atomic E-state index is 0.0356. The summed E-state index contributed by atoms with van der Waals surface area (Å²) >= 11 is 1.53. The minimum Gasteiger partial charge on any atom is -0.465 e. The smallest absolute Gasteiger partial charge is 0.414 e. The monoisotopic (exact) mass is 435 g/mol. The molecule has 0 aliphatic carbocycles. The minimum atomic E-state index is -1.43. The number of benzene rings is 2. The molecule has 0 bridgehead atoms. The largest absolute Gasteiger partial charge is 0.465 e. The average molecular weight is 436 g/mol. The number of carbonyl (C=O) groups is 3. The second kappa shape index (κ2) is 9.14. The standard InChI is InChI=1S/C24H21NO5S/c26-22-18(11-20-12-19(15-31-20)17-9-5-2-6-10-17)13-21(25(22)24(28)29)23(27)30-14-16-7-3-1-4-8-16/h1-10,12,15,18,21H,11,13-14H2,(H,28,29)/t18-,21+/m0/s1. The highest BCUT2D eigenvalue weighted by atomic mass is 32.1. The molecule has 2 aromatic carbocycles. The van der Waals surface area contributed by atoms with Gasteiger partial charge < -0.3 is 9.84 Å². The first-order valence-corrected chi connectivity index (χ1v) is 10.8. The van der Waals surface area contributed by atoms with Crippen LogP contribution in [0.4, 0.5) is 4.79 Å². The van der Waals surface area contributed by atoms with Gasteiger partial charge in [0.2, 0.25) is 5.91 Å². The molecule has 1 saturated heterocycles. The Morgan fingerprint density at radius 1 is 1.03 bits per heavy atom. The Morgan fingerprint density at radius 3 is 2.39 bits per heavy atom. The maximum atomic E-state index is 12.8. The maximum absolute atomic E-state index is 12.8. The van der Waals surface area contributed by atoms with Gasteiger partial charge in [-0.2, -0.15) is 0 Å². The summed E-state index contributed by atoms with van der Waals surface area (Å²) in [5.41, 5.74) is 2.93. The number of carboxylic acid groups (broad SMARTS) is 1. The fraction of sp³-hybridized carbons (Fsp3) is 0.208. The molecule has 7 heteroatoms. The van der Waals surface area contributed by atoms with Crippen LogP contribution in [0.3, 0.4) is 0 Å². The van der Waals surface area contributed by atoms with Gasteiger partial charge >= 0.3 is 12.1 Å². The Morgan fingerprint density at radius 2 is 1.71 bits per heavy atom. The molecule has 158 valence electrons. The van der Waals surface area contributed by atoms with Crippen LogP contribution in [0.1, 0.15) is 16.9 Å². The first-order chi connectivity index (χ1) is 15.0. The van der Waals surface area contributed by atoms with E-state index in [4.69, 9.17) is 4.74 Å². The lowest BCUT2D eigenvalue weighted by Gasteiger charge is -2.18. The fourth-order valence-electron chi connectivity index (χ4n) is 3.76. The highest BCUT2D eigenvalue weighted by molar-refractivity contribution is 7.10. The topological polar surface area (TPSA) is 83.9 Å². The average Bonchev–Trinajstić information content (AvgIpc) is 3.38. The summed E-state index contributed by atoms with van der Waals surface area (Å²) in [6.45, 7) is 0.0356. The number of esters is 1. The van der Waals surface area contributed by atoms with Crippen LogP contribution in [0.2, 0.25) is 0 Å². The highest BCUT2D eigenvalue weighted by Gasteiger charge is 2.47. The van der Waals surface area contributed by atoms with E-state index in [2.05, 4.69) is 0 Å². The van der Waals surface area contributed by atoms with E-state index in [0.29, 0.717) is 11.3 Å². The van der Waals surface area contributed by atoms with Crippen molar-refractivity contribution in [3.63, 3.8) is 0 Å². The third kappa shape index (κ3) is 4.67. The summed E-state index contributed by atoms with van der Waals surface area (Å²) < 4.78 is 5.31. The molecule has 1 fully saturated rings. The molecule has 6 nitrogen and oxygen atoms in total. The van der Waals surface area contributed by atoms with E-state index in [1.807, 2.05) is 72.1 Å². The number of carbonyl (C=O) groups excluding carboxylic acids is 2. The van der Waals surface area contributed by atoms with Crippen molar-refractivity contribution in [2.45, 2.75) is 25.5 Å². The van der Waals surface area contributed by atoms with Crippen molar-refractivity contribution in [3.05, 3.63) is 82.6 Å². The number of ether oxygens (including phenoxy) is 1. The summed E-state index contributed by atoms with van der Waals surface area (Å²) in [4.78, 5) is 38.6. The number of likely N-dealkylation sites (tertiary alicyclic amines) is 1. The van der Waals surface area contributed by atoms with Gasteiger partial charge in [-0.3, -0.25) is 4.79 Å². The van der Waals surface area contributed by atoms with Crippen molar-refractivity contribution >= 4 is 29.3 Å². The highest BCUT2D eigenvalue weighted by Crippen LogP contribution is 2.33. The molecular weight excluding hydrogens is 414 g/mol. The zero-order chi connectivity index (χ0) is 21.8. The fourth-order valence-corrected chi connectivity index (χ4v) is 4.74. The van der Waals surface area contributed by atoms with Gasteiger partial charge in [-0.15, -0.1) is 11.3 Å². The molecule has 1 N–H and O–H groups in total. The van der Waals surface area contributed by atoms with Crippen molar-refractivity contribution in [3.8, 4) is 11.1 Å². The summed E-state index contributed by atoms with van der Waals surface area (Å²) in [6, 6.07) is 19.9. The molecule has 2 atom stereocenters. The van der Waals surface area contributed by atoms with Crippen molar-refractivity contribution in [1.82, 2.24) is 4.90 Å². The normalized spacial score (nSPS) is 18.2. The van der Waals surface area contributed by atoms with Crippen LogP contribution in [0.15, 0.2) is 72.1 Å². The zero-order valence-corrected chi connectivity index (χ0v) is 17.5. The lowest BCUT2D eigenvalue weighted by atomic mass is 9.99. The van der Waals surface area contributed by atoms with E-state index in [9.17, 15) is 19.5 Å². The van der Waals surface area contributed by atoms with Crippen molar-refractivity contribution in [2.75, 3.05) is 0 Å². The number of hydrogen-bond donors (Lipinski definition) is 1. The Balaban J connectivity index is 1.45. The second-order valence-electron chi connectivity index (χ2n) is 7.40. The van der Waals surface area contributed by atoms with Gasteiger partial charge in [0, 0.05) is 10.8 Å². The molecule has 1 aromatic heterocycles. The van der Waals surface area contributed by atoms with Crippen LogP contribution >= 0.6 is 11.3 Å². The van der Waals surface area contributed by atoms with Crippen LogP contribution in [-0.4, -0.2) is 34.0 Å². The lowest BCUT2D eigenvalue weighted by molar-refractivity contribution is -0.152. The van der Waals surface area contributed by atoms with Gasteiger partial charge in [-0.25, -0.2) is 14.5 Å². The molecule has 4 rings (SSSR count). The molecule has 0 spiro atoms. The van der Waals surface area contributed by atoms with Gasteiger partial charge in [0.1, 0.15) is 12.6 Å². The number of imide groups is 1. The third-order valence-electron chi connectivity index (χ3n) is 5.32. The molecule has 1 aliphatic heterocycles. The van der Waals surface area contributed by atoms with E-state index in [1.54, 1.807) is 0 Å². The van der Waals surface area contributed by atoms with E-state index < -0.39 is 29.9 Å².